The highest BCUT2D eigenvalue weighted by Gasteiger charge is 2.22. The van der Waals surface area contributed by atoms with Crippen molar-refractivity contribution < 1.29 is 4.79 Å². The number of urea groups is 1. The van der Waals surface area contributed by atoms with Gasteiger partial charge in [0, 0.05) is 56.2 Å². The Morgan fingerprint density at radius 3 is 2.69 bits per heavy atom. The van der Waals surface area contributed by atoms with E-state index in [4.69, 9.17) is 11.6 Å². The normalized spacial score (nSPS) is 15.1. The molecule has 7 nitrogen and oxygen atoms in total. The monoisotopic (exact) mass is 412 g/mol. The van der Waals surface area contributed by atoms with Crippen molar-refractivity contribution in [1.29, 1.82) is 0 Å². The molecule has 1 aliphatic heterocycles. The van der Waals surface area contributed by atoms with E-state index in [9.17, 15) is 4.79 Å². The summed E-state index contributed by atoms with van der Waals surface area (Å²) in [7, 11) is 0. The van der Waals surface area contributed by atoms with Gasteiger partial charge in [0.25, 0.3) is 0 Å². The topological polar surface area (TPSA) is 66.3 Å². The Labute approximate surface area is 175 Å². The minimum absolute atomic E-state index is 0.0735. The fourth-order valence-corrected chi connectivity index (χ4v) is 3.87. The first-order valence-electron chi connectivity index (χ1n) is 9.84. The molecule has 0 atom stereocenters. The molecule has 8 heteroatoms. The van der Waals surface area contributed by atoms with Crippen molar-refractivity contribution in [3.05, 3.63) is 52.9 Å². The first kappa shape index (κ1) is 19.7. The Balaban J connectivity index is 1.31. The molecule has 0 bridgehead atoms. The molecule has 1 aromatic carbocycles. The predicted molar refractivity (Wildman–Crippen MR) is 115 cm³/mol. The molecule has 2 amide bonds. The van der Waals surface area contributed by atoms with Gasteiger partial charge in [0.05, 0.1) is 0 Å². The van der Waals surface area contributed by atoms with Gasteiger partial charge >= 0.3 is 6.03 Å². The molecule has 152 valence electrons. The van der Waals surface area contributed by atoms with Crippen LogP contribution in [0, 0.1) is 13.8 Å². The Morgan fingerprint density at radius 2 is 1.90 bits per heavy atom. The van der Waals surface area contributed by atoms with Gasteiger partial charge in [-0.3, -0.25) is 4.90 Å². The van der Waals surface area contributed by atoms with Crippen LogP contribution in [0.5, 0.6) is 0 Å². The van der Waals surface area contributed by atoms with Crippen LogP contribution >= 0.6 is 11.6 Å². The number of imidazole rings is 1. The number of fused-ring (bicyclic) bond motifs is 1. The van der Waals surface area contributed by atoms with Crippen LogP contribution in [0.4, 0.5) is 10.5 Å². The van der Waals surface area contributed by atoms with Crippen LogP contribution < -0.4 is 5.32 Å². The molecule has 0 radical (unpaired) electrons. The summed E-state index contributed by atoms with van der Waals surface area (Å²) in [4.78, 5) is 25.9. The molecule has 1 aliphatic rings. The van der Waals surface area contributed by atoms with Gasteiger partial charge in [-0.05, 0) is 43.7 Å². The zero-order valence-electron chi connectivity index (χ0n) is 16.7. The number of piperazine rings is 1. The van der Waals surface area contributed by atoms with E-state index in [2.05, 4.69) is 24.8 Å². The average molecular weight is 413 g/mol. The maximum absolute atomic E-state index is 12.6. The first-order chi connectivity index (χ1) is 14.0. The number of nitrogens with one attached hydrogen (secondary N) is 1. The summed E-state index contributed by atoms with van der Waals surface area (Å²) in [6.07, 6.45) is 1.80. The number of pyridine rings is 1. The number of aryl methyl sites for hydroxylation is 1. The quantitative estimate of drug-likeness (QED) is 0.711. The Hall–Kier alpha value is -2.64. The van der Waals surface area contributed by atoms with E-state index in [1.165, 1.54) is 0 Å². The number of carbonyl (C=O) groups excluding carboxylic acids is 1. The van der Waals surface area contributed by atoms with E-state index in [1.54, 1.807) is 6.20 Å². The van der Waals surface area contributed by atoms with Crippen molar-refractivity contribution in [2.75, 3.05) is 38.0 Å². The predicted octanol–water partition coefficient (Wildman–Crippen LogP) is 3.55. The van der Waals surface area contributed by atoms with Crippen LogP contribution in [-0.4, -0.2) is 63.1 Å². The maximum atomic E-state index is 12.6. The number of rotatable bonds is 4. The van der Waals surface area contributed by atoms with Gasteiger partial charge in [-0.2, -0.15) is 0 Å². The molecule has 1 fully saturated rings. The summed E-state index contributed by atoms with van der Waals surface area (Å²) < 4.78 is 2.16. The number of nitrogens with zero attached hydrogens (tertiary/aromatic N) is 5. The standard InChI is InChI=1S/C21H25ClN6O/c1-15-17(22)5-3-6-18(15)25-21(29)27-12-9-26(10-13-27)11-14-28-16(2)24-19-7-4-8-23-20(19)28/h3-8H,9-14H2,1-2H3,(H,25,29). The largest absolute Gasteiger partial charge is 0.322 e. The number of halogens is 1. The van der Waals surface area contributed by atoms with Crippen LogP contribution in [0.15, 0.2) is 36.5 Å². The highest BCUT2D eigenvalue weighted by Crippen LogP contribution is 2.23. The summed E-state index contributed by atoms with van der Waals surface area (Å²) in [5.41, 5.74) is 3.51. The lowest BCUT2D eigenvalue weighted by atomic mass is 10.2. The van der Waals surface area contributed by atoms with Crippen molar-refractivity contribution in [2.24, 2.45) is 0 Å². The van der Waals surface area contributed by atoms with Gasteiger partial charge in [0.1, 0.15) is 11.3 Å². The van der Waals surface area contributed by atoms with Crippen LogP contribution in [0.1, 0.15) is 11.4 Å². The summed E-state index contributed by atoms with van der Waals surface area (Å²) in [5, 5.41) is 3.64. The minimum atomic E-state index is -0.0735. The molecule has 0 spiro atoms. The fourth-order valence-electron chi connectivity index (χ4n) is 3.69. The Bertz CT molecular complexity index is 1030. The number of hydrogen-bond acceptors (Lipinski definition) is 4. The molecular formula is C21H25ClN6O. The highest BCUT2D eigenvalue weighted by atomic mass is 35.5. The summed E-state index contributed by atoms with van der Waals surface area (Å²) in [6, 6.07) is 9.38. The highest BCUT2D eigenvalue weighted by molar-refractivity contribution is 6.31. The van der Waals surface area contributed by atoms with Crippen molar-refractivity contribution in [1.82, 2.24) is 24.3 Å². The third-order valence-electron chi connectivity index (χ3n) is 5.50. The Kier molecular flexibility index (Phi) is 5.69. The molecule has 0 saturated carbocycles. The molecular weight excluding hydrogens is 388 g/mol. The summed E-state index contributed by atoms with van der Waals surface area (Å²) >= 11 is 6.14. The summed E-state index contributed by atoms with van der Waals surface area (Å²) in [5.74, 6) is 0.980. The molecule has 3 aromatic rings. The molecule has 0 unspecified atom stereocenters. The second-order valence-corrected chi connectivity index (χ2v) is 7.74. The van der Waals surface area contributed by atoms with Gasteiger partial charge in [0.2, 0.25) is 0 Å². The van der Waals surface area contributed by atoms with Crippen molar-refractivity contribution in [3.8, 4) is 0 Å². The third-order valence-corrected chi connectivity index (χ3v) is 5.91. The lowest BCUT2D eigenvalue weighted by Gasteiger charge is -2.34. The minimum Gasteiger partial charge on any atom is -0.322 e. The van der Waals surface area contributed by atoms with Crippen molar-refractivity contribution >= 4 is 34.5 Å². The zero-order valence-corrected chi connectivity index (χ0v) is 17.5. The van der Waals surface area contributed by atoms with Gasteiger partial charge < -0.3 is 14.8 Å². The number of amides is 2. The number of benzene rings is 1. The lowest BCUT2D eigenvalue weighted by molar-refractivity contribution is 0.144. The molecule has 3 heterocycles. The number of carbonyl (C=O) groups is 1. The number of anilines is 1. The van der Waals surface area contributed by atoms with E-state index in [-0.39, 0.29) is 6.03 Å². The molecule has 29 heavy (non-hydrogen) atoms. The van der Waals surface area contributed by atoms with E-state index in [1.807, 2.05) is 49.1 Å². The van der Waals surface area contributed by atoms with Crippen LogP contribution in [0.3, 0.4) is 0 Å². The molecule has 0 aliphatic carbocycles. The van der Waals surface area contributed by atoms with E-state index < -0.39 is 0 Å². The van der Waals surface area contributed by atoms with E-state index in [0.717, 1.165) is 54.4 Å². The molecule has 2 aromatic heterocycles. The van der Waals surface area contributed by atoms with Crippen LogP contribution in [0.25, 0.3) is 11.2 Å². The van der Waals surface area contributed by atoms with Gasteiger partial charge in [0.15, 0.2) is 5.65 Å². The van der Waals surface area contributed by atoms with Crippen LogP contribution in [0.2, 0.25) is 5.02 Å². The van der Waals surface area contributed by atoms with Gasteiger partial charge in [-0.1, -0.05) is 17.7 Å². The zero-order chi connectivity index (χ0) is 20.4. The smallest absolute Gasteiger partial charge is 0.321 e. The first-order valence-corrected chi connectivity index (χ1v) is 10.2. The van der Waals surface area contributed by atoms with E-state index in [0.29, 0.717) is 18.1 Å². The second kappa shape index (κ2) is 8.39. The average Bonchev–Trinajstić information content (AvgIpc) is 3.05. The second-order valence-electron chi connectivity index (χ2n) is 7.33. The lowest BCUT2D eigenvalue weighted by Crippen LogP contribution is -2.50. The van der Waals surface area contributed by atoms with Crippen molar-refractivity contribution in [3.63, 3.8) is 0 Å². The maximum Gasteiger partial charge on any atom is 0.321 e. The SMILES string of the molecule is Cc1c(Cl)cccc1NC(=O)N1CCN(CCn2c(C)nc3cccnc32)CC1. The fraction of sp³-hybridized carbons (Fsp3) is 0.381. The number of aromatic nitrogens is 3. The molecule has 1 saturated heterocycles. The van der Waals surface area contributed by atoms with Crippen molar-refractivity contribution in [2.45, 2.75) is 20.4 Å². The van der Waals surface area contributed by atoms with Gasteiger partial charge in [-0.25, -0.2) is 14.8 Å². The van der Waals surface area contributed by atoms with E-state index >= 15 is 0 Å². The molecule has 4 rings (SSSR count). The third kappa shape index (κ3) is 4.21. The van der Waals surface area contributed by atoms with Crippen LogP contribution in [-0.2, 0) is 6.54 Å². The molecule has 1 N–H and O–H groups in total. The van der Waals surface area contributed by atoms with Gasteiger partial charge in [-0.15, -0.1) is 0 Å². The summed E-state index contributed by atoms with van der Waals surface area (Å²) in [6.45, 7) is 8.77. The number of hydrogen-bond donors (Lipinski definition) is 1. The Morgan fingerprint density at radius 1 is 1.10 bits per heavy atom.